The summed E-state index contributed by atoms with van der Waals surface area (Å²) in [6.07, 6.45) is 7.20. The Morgan fingerprint density at radius 3 is 2.92 bits per heavy atom. The number of carbonyl (C=O) groups is 2. The first-order valence-corrected chi connectivity index (χ1v) is 8.11. The van der Waals surface area contributed by atoms with Gasteiger partial charge in [-0.25, -0.2) is 9.97 Å². The lowest BCUT2D eigenvalue weighted by Gasteiger charge is -2.23. The Morgan fingerprint density at radius 2 is 2.08 bits per heavy atom. The molecular weight excluding hydrogens is 324 g/mol. The fraction of sp³-hybridized carbons (Fsp3) is 0.0588. The highest BCUT2D eigenvalue weighted by Crippen LogP contribution is 2.26. The number of imide groups is 1. The maximum atomic E-state index is 11.6. The zero-order valence-electron chi connectivity index (χ0n) is 12.5. The van der Waals surface area contributed by atoms with Crippen LogP contribution in [-0.2, 0) is 11.3 Å². The molecule has 1 aromatic heterocycles. The lowest BCUT2D eigenvalue weighted by molar-refractivity contribution is -0.115. The molecular formula is C17H12N4O2S. The molecule has 1 N–H and O–H groups in total. The van der Waals surface area contributed by atoms with Crippen molar-refractivity contribution in [2.75, 3.05) is 4.90 Å². The Bertz CT molecular complexity index is 907. The van der Waals surface area contributed by atoms with Crippen molar-refractivity contribution in [2.45, 2.75) is 6.54 Å². The summed E-state index contributed by atoms with van der Waals surface area (Å²) in [7, 11) is 0. The van der Waals surface area contributed by atoms with E-state index in [0.717, 1.165) is 11.8 Å². The molecule has 1 fully saturated rings. The molecule has 0 unspecified atom stereocenters. The highest BCUT2D eigenvalue weighted by molar-refractivity contribution is 8.18. The Hall–Kier alpha value is -2.93. The van der Waals surface area contributed by atoms with Gasteiger partial charge < -0.3 is 4.90 Å². The van der Waals surface area contributed by atoms with E-state index in [0.29, 0.717) is 23.1 Å². The van der Waals surface area contributed by atoms with Crippen LogP contribution in [0.15, 0.2) is 47.6 Å². The molecule has 4 rings (SSSR count). The van der Waals surface area contributed by atoms with Crippen molar-refractivity contribution in [3.8, 4) is 0 Å². The van der Waals surface area contributed by atoms with Gasteiger partial charge in [-0.1, -0.05) is 24.3 Å². The molecule has 3 heterocycles. The summed E-state index contributed by atoms with van der Waals surface area (Å²) >= 11 is 0.874. The summed E-state index contributed by atoms with van der Waals surface area (Å²) in [6, 6.07) is 9.86. The molecule has 2 amide bonds. The molecule has 0 saturated carbocycles. The number of hydrogen-bond donors (Lipinski definition) is 1. The standard InChI is InChI=1S/C17H12N4O2S/c22-15-14(24-17(23)20-15)9-13-5-7-18-16(19-13)21-8-6-11-3-1-2-4-12(11)10-21/h1-9H,10H2,(H,20,22,23)/b14-9-. The van der Waals surface area contributed by atoms with Gasteiger partial charge in [0.1, 0.15) is 0 Å². The number of aromatic nitrogens is 2. The van der Waals surface area contributed by atoms with E-state index < -0.39 is 5.91 Å². The number of nitrogens with zero attached hydrogens (tertiary/aromatic N) is 3. The lowest BCUT2D eigenvalue weighted by Crippen LogP contribution is -2.21. The van der Waals surface area contributed by atoms with E-state index in [9.17, 15) is 9.59 Å². The topological polar surface area (TPSA) is 75.2 Å². The molecule has 7 heteroatoms. The number of anilines is 1. The minimum atomic E-state index is -0.392. The van der Waals surface area contributed by atoms with Crippen molar-refractivity contribution in [1.82, 2.24) is 15.3 Å². The first-order valence-electron chi connectivity index (χ1n) is 7.30. The highest BCUT2D eigenvalue weighted by atomic mass is 32.2. The molecule has 0 spiro atoms. The van der Waals surface area contributed by atoms with Crippen molar-refractivity contribution in [1.29, 1.82) is 0 Å². The van der Waals surface area contributed by atoms with Crippen LogP contribution in [0.3, 0.4) is 0 Å². The number of hydrogen-bond acceptors (Lipinski definition) is 6. The van der Waals surface area contributed by atoms with Crippen molar-refractivity contribution in [3.63, 3.8) is 0 Å². The van der Waals surface area contributed by atoms with Crippen LogP contribution in [0.25, 0.3) is 12.2 Å². The van der Waals surface area contributed by atoms with Gasteiger partial charge in [0, 0.05) is 12.4 Å². The molecule has 6 nitrogen and oxygen atoms in total. The molecule has 2 aromatic rings. The van der Waals surface area contributed by atoms with Crippen molar-refractivity contribution in [3.05, 3.63) is 64.5 Å². The van der Waals surface area contributed by atoms with Crippen LogP contribution in [0.5, 0.6) is 0 Å². The van der Waals surface area contributed by atoms with Gasteiger partial charge in [-0.15, -0.1) is 0 Å². The van der Waals surface area contributed by atoms with E-state index in [-0.39, 0.29) is 5.24 Å². The third-order valence-corrected chi connectivity index (χ3v) is 4.48. The van der Waals surface area contributed by atoms with Gasteiger partial charge in [0.2, 0.25) is 5.95 Å². The summed E-state index contributed by atoms with van der Waals surface area (Å²) in [5.74, 6) is 0.154. The second kappa shape index (κ2) is 5.93. The van der Waals surface area contributed by atoms with E-state index in [2.05, 4.69) is 27.4 Å². The minimum absolute atomic E-state index is 0.337. The number of rotatable bonds is 2. The number of thioether (sulfide) groups is 1. The fourth-order valence-corrected chi connectivity index (χ4v) is 3.19. The van der Waals surface area contributed by atoms with Crippen LogP contribution in [0, 0.1) is 0 Å². The fourth-order valence-electron chi connectivity index (χ4n) is 2.52. The third-order valence-electron chi connectivity index (χ3n) is 3.67. The Kier molecular flexibility index (Phi) is 3.62. The van der Waals surface area contributed by atoms with E-state index in [1.54, 1.807) is 18.3 Å². The molecule has 0 atom stereocenters. The first-order chi connectivity index (χ1) is 11.7. The van der Waals surface area contributed by atoms with Crippen molar-refractivity contribution >= 4 is 41.0 Å². The van der Waals surface area contributed by atoms with Crippen LogP contribution in [-0.4, -0.2) is 21.1 Å². The quantitative estimate of drug-likeness (QED) is 0.850. The maximum absolute atomic E-state index is 11.6. The molecule has 118 valence electrons. The Morgan fingerprint density at radius 1 is 1.21 bits per heavy atom. The van der Waals surface area contributed by atoms with Crippen molar-refractivity contribution < 1.29 is 9.59 Å². The average Bonchev–Trinajstić information content (AvgIpc) is 2.92. The van der Waals surface area contributed by atoms with Crippen LogP contribution in [0.4, 0.5) is 10.7 Å². The lowest BCUT2D eigenvalue weighted by atomic mass is 10.0. The summed E-state index contributed by atoms with van der Waals surface area (Å²) < 4.78 is 0. The number of benzene rings is 1. The second-order valence-corrected chi connectivity index (χ2v) is 6.29. The summed E-state index contributed by atoms with van der Waals surface area (Å²) in [5, 5.41) is 1.86. The SMILES string of the molecule is O=C1NC(=O)/C(=C/c2ccnc(N3C=Cc4ccccc4C3)n2)S1. The number of amides is 2. The molecule has 0 aliphatic carbocycles. The normalized spacial score (nSPS) is 18.0. The highest BCUT2D eigenvalue weighted by Gasteiger charge is 2.25. The Balaban J connectivity index is 1.61. The van der Waals surface area contributed by atoms with E-state index in [1.165, 1.54) is 11.1 Å². The van der Waals surface area contributed by atoms with Gasteiger partial charge in [0.15, 0.2) is 0 Å². The van der Waals surface area contributed by atoms with E-state index in [1.807, 2.05) is 29.3 Å². The van der Waals surface area contributed by atoms with E-state index >= 15 is 0 Å². The van der Waals surface area contributed by atoms with Crippen LogP contribution in [0.1, 0.15) is 16.8 Å². The predicted molar refractivity (Wildman–Crippen MR) is 92.8 cm³/mol. The maximum Gasteiger partial charge on any atom is 0.290 e. The summed E-state index contributed by atoms with van der Waals surface area (Å²) in [6.45, 7) is 0.681. The van der Waals surface area contributed by atoms with Gasteiger partial charge in [-0.3, -0.25) is 14.9 Å². The number of fused-ring (bicyclic) bond motifs is 1. The van der Waals surface area contributed by atoms with Crippen LogP contribution >= 0.6 is 11.8 Å². The zero-order chi connectivity index (χ0) is 16.5. The van der Waals surface area contributed by atoms with Crippen molar-refractivity contribution in [2.24, 2.45) is 0 Å². The number of nitrogens with one attached hydrogen (secondary N) is 1. The second-order valence-electron chi connectivity index (χ2n) is 5.28. The van der Waals surface area contributed by atoms with Crippen LogP contribution < -0.4 is 10.2 Å². The van der Waals surface area contributed by atoms with Gasteiger partial charge in [0.25, 0.3) is 11.1 Å². The predicted octanol–water partition coefficient (Wildman–Crippen LogP) is 2.79. The zero-order valence-corrected chi connectivity index (χ0v) is 13.3. The van der Waals surface area contributed by atoms with Gasteiger partial charge >= 0.3 is 0 Å². The molecule has 2 aliphatic heterocycles. The molecule has 1 saturated heterocycles. The monoisotopic (exact) mass is 336 g/mol. The number of carbonyl (C=O) groups excluding carboxylic acids is 2. The molecule has 2 aliphatic rings. The Labute approximate surface area is 142 Å². The van der Waals surface area contributed by atoms with Gasteiger partial charge in [-0.05, 0) is 41.1 Å². The first kappa shape index (κ1) is 14.6. The largest absolute Gasteiger partial charge is 0.313 e. The van der Waals surface area contributed by atoms with E-state index in [4.69, 9.17) is 0 Å². The molecule has 24 heavy (non-hydrogen) atoms. The smallest absolute Gasteiger partial charge is 0.290 e. The summed E-state index contributed by atoms with van der Waals surface area (Å²) in [4.78, 5) is 33.9. The van der Waals surface area contributed by atoms with Crippen LogP contribution in [0.2, 0.25) is 0 Å². The van der Waals surface area contributed by atoms with Gasteiger partial charge in [0.05, 0.1) is 17.1 Å². The molecule has 0 bridgehead atoms. The minimum Gasteiger partial charge on any atom is -0.313 e. The molecule has 1 aromatic carbocycles. The average molecular weight is 336 g/mol. The molecule has 0 radical (unpaired) electrons. The van der Waals surface area contributed by atoms with Gasteiger partial charge in [-0.2, -0.15) is 0 Å². The third kappa shape index (κ3) is 2.81. The summed E-state index contributed by atoms with van der Waals surface area (Å²) in [5.41, 5.74) is 2.97.